The number of carbonyl (C=O) groups is 1. The van der Waals surface area contributed by atoms with Crippen molar-refractivity contribution >= 4 is 39.1 Å². The summed E-state index contributed by atoms with van der Waals surface area (Å²) >= 11 is 7.33. The smallest absolute Gasteiger partial charge is 0.251 e. The van der Waals surface area contributed by atoms with Gasteiger partial charge in [-0.25, -0.2) is 4.98 Å². The number of rotatable bonds is 3. The summed E-state index contributed by atoms with van der Waals surface area (Å²) in [6.45, 7) is 1.89. The molecule has 0 saturated heterocycles. The molecule has 1 aromatic carbocycles. The molecular weight excluding hydrogens is 306 g/mol. The van der Waals surface area contributed by atoms with E-state index in [4.69, 9.17) is 11.6 Å². The molecule has 4 nitrogen and oxygen atoms in total. The molecular formula is C15H12ClN3OS. The predicted molar refractivity (Wildman–Crippen MR) is 84.7 cm³/mol. The Balaban J connectivity index is 1.77. The number of pyridine rings is 1. The number of aromatic nitrogens is 2. The molecule has 0 radical (unpaired) electrons. The van der Waals surface area contributed by atoms with Crippen molar-refractivity contribution in [2.75, 3.05) is 0 Å². The molecule has 1 amide bonds. The third-order valence-corrected chi connectivity index (χ3v) is 4.15. The minimum atomic E-state index is -0.188. The van der Waals surface area contributed by atoms with Crippen molar-refractivity contribution in [3.63, 3.8) is 0 Å². The van der Waals surface area contributed by atoms with Crippen molar-refractivity contribution in [2.24, 2.45) is 0 Å². The lowest BCUT2D eigenvalue weighted by Crippen LogP contribution is -2.27. The maximum Gasteiger partial charge on any atom is 0.251 e. The van der Waals surface area contributed by atoms with Gasteiger partial charge < -0.3 is 5.32 Å². The maximum atomic E-state index is 12.3. The van der Waals surface area contributed by atoms with Gasteiger partial charge in [0.2, 0.25) is 0 Å². The Kier molecular flexibility index (Phi) is 3.86. The van der Waals surface area contributed by atoms with Crippen molar-refractivity contribution in [1.29, 1.82) is 0 Å². The van der Waals surface area contributed by atoms with E-state index < -0.39 is 0 Å². The summed E-state index contributed by atoms with van der Waals surface area (Å²) in [5.41, 5.74) is 4.07. The second-order valence-corrected chi connectivity index (χ2v) is 5.95. The molecule has 2 heterocycles. The normalized spacial score (nSPS) is 12.3. The van der Waals surface area contributed by atoms with Gasteiger partial charge in [-0.2, -0.15) is 0 Å². The van der Waals surface area contributed by atoms with Crippen LogP contribution in [0.1, 0.15) is 29.0 Å². The molecule has 106 valence electrons. The number of halogens is 1. The summed E-state index contributed by atoms with van der Waals surface area (Å²) in [7, 11) is 0. The summed E-state index contributed by atoms with van der Waals surface area (Å²) in [6.07, 6.45) is 1.57. The number of thiazole rings is 1. The van der Waals surface area contributed by atoms with E-state index in [2.05, 4.69) is 15.3 Å². The highest BCUT2D eigenvalue weighted by Crippen LogP contribution is 2.20. The molecule has 1 N–H and O–H groups in total. The van der Waals surface area contributed by atoms with E-state index in [9.17, 15) is 4.79 Å². The van der Waals surface area contributed by atoms with E-state index in [-0.39, 0.29) is 11.9 Å². The van der Waals surface area contributed by atoms with Crippen molar-refractivity contribution < 1.29 is 4.79 Å². The summed E-state index contributed by atoms with van der Waals surface area (Å²) in [4.78, 5) is 20.7. The Morgan fingerprint density at radius 1 is 1.29 bits per heavy atom. The Labute approximate surface area is 130 Å². The Hall–Kier alpha value is -1.98. The molecule has 0 aliphatic carbocycles. The average molecular weight is 318 g/mol. The molecule has 0 aliphatic rings. The minimum absolute atomic E-state index is 0.130. The Morgan fingerprint density at radius 2 is 2.14 bits per heavy atom. The molecule has 3 rings (SSSR count). The number of amides is 1. The van der Waals surface area contributed by atoms with Crippen LogP contribution in [0.2, 0.25) is 5.02 Å². The van der Waals surface area contributed by atoms with Gasteiger partial charge in [0, 0.05) is 11.8 Å². The van der Waals surface area contributed by atoms with Crippen LogP contribution in [0.5, 0.6) is 0 Å². The zero-order valence-electron chi connectivity index (χ0n) is 11.2. The van der Waals surface area contributed by atoms with Crippen LogP contribution in [0, 0.1) is 0 Å². The van der Waals surface area contributed by atoms with Gasteiger partial charge in [0.05, 0.1) is 32.5 Å². The minimum Gasteiger partial charge on any atom is -0.344 e. The number of hydrogen-bond acceptors (Lipinski definition) is 4. The lowest BCUT2D eigenvalue weighted by Gasteiger charge is -2.13. The second kappa shape index (κ2) is 5.79. The van der Waals surface area contributed by atoms with Gasteiger partial charge in [-0.1, -0.05) is 11.6 Å². The van der Waals surface area contributed by atoms with Crippen LogP contribution >= 0.6 is 22.9 Å². The quantitative estimate of drug-likeness (QED) is 0.798. The number of hydrogen-bond donors (Lipinski definition) is 1. The molecule has 0 bridgehead atoms. The summed E-state index contributed by atoms with van der Waals surface area (Å²) < 4.78 is 1.000. The SMILES string of the molecule is C[C@@H](NC(=O)c1ccc2ncsc2c1)c1ccc(Cl)cn1. The van der Waals surface area contributed by atoms with Gasteiger partial charge >= 0.3 is 0 Å². The molecule has 21 heavy (non-hydrogen) atoms. The van der Waals surface area contributed by atoms with E-state index in [1.54, 1.807) is 29.9 Å². The third-order valence-electron chi connectivity index (χ3n) is 3.13. The molecule has 0 aliphatic heterocycles. The Bertz CT molecular complexity index is 785. The van der Waals surface area contributed by atoms with Gasteiger partial charge in [0.15, 0.2) is 0 Å². The van der Waals surface area contributed by atoms with Gasteiger partial charge in [-0.05, 0) is 37.3 Å². The monoisotopic (exact) mass is 317 g/mol. The van der Waals surface area contributed by atoms with Crippen molar-refractivity contribution in [3.8, 4) is 0 Å². The summed E-state index contributed by atoms with van der Waals surface area (Å²) in [5, 5.41) is 3.51. The number of fused-ring (bicyclic) bond motifs is 1. The highest BCUT2D eigenvalue weighted by Gasteiger charge is 2.13. The highest BCUT2D eigenvalue weighted by molar-refractivity contribution is 7.16. The topological polar surface area (TPSA) is 54.9 Å². The van der Waals surface area contributed by atoms with Gasteiger partial charge in [0.1, 0.15) is 0 Å². The number of benzene rings is 1. The standard InChI is InChI=1S/C15H12ClN3OS/c1-9(12-5-3-11(16)7-17-12)19-15(20)10-2-4-13-14(6-10)21-8-18-13/h2-9H,1H3,(H,19,20)/t9-/m1/s1. The number of nitrogens with one attached hydrogen (secondary N) is 1. The van der Waals surface area contributed by atoms with Crippen LogP contribution in [0.15, 0.2) is 42.0 Å². The van der Waals surface area contributed by atoms with Crippen molar-refractivity contribution in [1.82, 2.24) is 15.3 Å². The summed E-state index contributed by atoms with van der Waals surface area (Å²) in [5.74, 6) is -0.130. The fourth-order valence-corrected chi connectivity index (χ4v) is 2.82. The maximum absolute atomic E-state index is 12.3. The van der Waals surface area contributed by atoms with Crippen molar-refractivity contribution in [2.45, 2.75) is 13.0 Å². The van der Waals surface area contributed by atoms with Crippen molar-refractivity contribution in [3.05, 3.63) is 58.3 Å². The first-order valence-electron chi connectivity index (χ1n) is 6.39. The first-order valence-corrected chi connectivity index (χ1v) is 7.65. The molecule has 0 saturated carbocycles. The van der Waals surface area contributed by atoms with E-state index in [1.165, 1.54) is 11.3 Å². The first-order chi connectivity index (χ1) is 10.1. The second-order valence-electron chi connectivity index (χ2n) is 4.63. The van der Waals surface area contributed by atoms with Crippen LogP contribution in [-0.2, 0) is 0 Å². The van der Waals surface area contributed by atoms with Crippen LogP contribution in [0.3, 0.4) is 0 Å². The van der Waals surface area contributed by atoms with Crippen LogP contribution in [0.25, 0.3) is 10.2 Å². The molecule has 0 unspecified atom stereocenters. The molecule has 3 aromatic rings. The highest BCUT2D eigenvalue weighted by atomic mass is 35.5. The summed E-state index contributed by atoms with van der Waals surface area (Å²) in [6, 6.07) is 8.86. The lowest BCUT2D eigenvalue weighted by molar-refractivity contribution is 0.0939. The fraction of sp³-hybridized carbons (Fsp3) is 0.133. The molecule has 6 heteroatoms. The molecule has 0 spiro atoms. The molecule has 0 fully saturated rings. The third kappa shape index (κ3) is 3.04. The Morgan fingerprint density at radius 3 is 2.90 bits per heavy atom. The largest absolute Gasteiger partial charge is 0.344 e. The molecule has 1 atom stereocenters. The number of carbonyl (C=O) groups excluding carboxylic acids is 1. The first kappa shape index (κ1) is 14.0. The molecule has 2 aromatic heterocycles. The van der Waals surface area contributed by atoms with E-state index in [0.29, 0.717) is 10.6 Å². The average Bonchev–Trinajstić information content (AvgIpc) is 2.95. The van der Waals surface area contributed by atoms with E-state index >= 15 is 0 Å². The van der Waals surface area contributed by atoms with E-state index in [0.717, 1.165) is 15.9 Å². The van der Waals surface area contributed by atoms with Gasteiger partial charge in [-0.3, -0.25) is 9.78 Å². The lowest BCUT2D eigenvalue weighted by atomic mass is 10.1. The predicted octanol–water partition coefficient (Wildman–Crippen LogP) is 3.84. The van der Waals surface area contributed by atoms with E-state index in [1.807, 2.05) is 19.1 Å². The van der Waals surface area contributed by atoms with Crippen LogP contribution < -0.4 is 5.32 Å². The van der Waals surface area contributed by atoms with Gasteiger partial charge in [-0.15, -0.1) is 11.3 Å². The number of nitrogens with zero attached hydrogens (tertiary/aromatic N) is 2. The fourth-order valence-electron chi connectivity index (χ4n) is 1.99. The van der Waals surface area contributed by atoms with Crippen LogP contribution in [0.4, 0.5) is 0 Å². The van der Waals surface area contributed by atoms with Gasteiger partial charge in [0.25, 0.3) is 5.91 Å². The van der Waals surface area contributed by atoms with Crippen LogP contribution in [-0.4, -0.2) is 15.9 Å². The zero-order chi connectivity index (χ0) is 14.8. The zero-order valence-corrected chi connectivity index (χ0v) is 12.8.